The van der Waals surface area contributed by atoms with Gasteiger partial charge in [-0.05, 0) is 39.9 Å². The van der Waals surface area contributed by atoms with Gasteiger partial charge in [0.05, 0.1) is 6.20 Å². The molecule has 2 N–H and O–H groups in total. The summed E-state index contributed by atoms with van der Waals surface area (Å²) in [6.07, 6.45) is 7.78. The van der Waals surface area contributed by atoms with Gasteiger partial charge >= 0.3 is 0 Å². The molecule has 19 heavy (non-hydrogen) atoms. The van der Waals surface area contributed by atoms with Crippen molar-refractivity contribution in [1.82, 2.24) is 20.1 Å². The Morgan fingerprint density at radius 1 is 1.32 bits per heavy atom. The topological polar surface area (TPSA) is 66.0 Å². The third kappa shape index (κ3) is 4.98. The Morgan fingerprint density at radius 3 is 2.84 bits per heavy atom. The second-order valence-electron chi connectivity index (χ2n) is 5.37. The second kappa shape index (κ2) is 7.23. The van der Waals surface area contributed by atoms with E-state index >= 15 is 0 Å². The first-order chi connectivity index (χ1) is 9.24. The van der Waals surface area contributed by atoms with Crippen LogP contribution in [0.25, 0.3) is 0 Å². The van der Waals surface area contributed by atoms with Crippen LogP contribution in [0.4, 0.5) is 11.8 Å². The largest absolute Gasteiger partial charge is 0.369 e. The van der Waals surface area contributed by atoms with Crippen LogP contribution in [-0.2, 0) is 0 Å². The van der Waals surface area contributed by atoms with Crippen LogP contribution in [0.1, 0.15) is 32.1 Å². The highest BCUT2D eigenvalue weighted by Gasteiger charge is 2.15. The molecule has 0 amide bonds. The minimum absolute atomic E-state index is 0.519. The molecule has 1 fully saturated rings. The van der Waals surface area contributed by atoms with Crippen molar-refractivity contribution in [3.05, 3.63) is 6.20 Å². The molecule has 0 unspecified atom stereocenters. The van der Waals surface area contributed by atoms with Gasteiger partial charge in [-0.15, -0.1) is 5.10 Å². The molecule has 0 aromatic carbocycles. The van der Waals surface area contributed by atoms with Crippen molar-refractivity contribution in [2.75, 3.05) is 37.8 Å². The molecule has 1 heterocycles. The van der Waals surface area contributed by atoms with Gasteiger partial charge < -0.3 is 15.5 Å². The molecule has 6 heteroatoms. The zero-order chi connectivity index (χ0) is 13.5. The van der Waals surface area contributed by atoms with Crippen LogP contribution in [-0.4, -0.2) is 53.3 Å². The molecular weight excluding hydrogens is 240 g/mol. The van der Waals surface area contributed by atoms with E-state index in [0.29, 0.717) is 12.0 Å². The minimum Gasteiger partial charge on any atom is -0.369 e. The van der Waals surface area contributed by atoms with E-state index < -0.39 is 0 Å². The molecule has 2 rings (SSSR count). The summed E-state index contributed by atoms with van der Waals surface area (Å²) in [5, 5.41) is 14.7. The minimum atomic E-state index is 0.519. The van der Waals surface area contributed by atoms with Crippen LogP contribution in [0.3, 0.4) is 0 Å². The highest BCUT2D eigenvalue weighted by atomic mass is 15.3. The van der Waals surface area contributed by atoms with E-state index in [2.05, 4.69) is 44.8 Å². The van der Waals surface area contributed by atoms with Crippen molar-refractivity contribution in [1.29, 1.82) is 0 Å². The van der Waals surface area contributed by atoms with Crippen molar-refractivity contribution in [2.45, 2.75) is 38.1 Å². The highest BCUT2D eigenvalue weighted by Crippen LogP contribution is 2.20. The molecule has 0 saturated heterocycles. The van der Waals surface area contributed by atoms with Crippen molar-refractivity contribution >= 4 is 11.8 Å². The van der Waals surface area contributed by atoms with Crippen molar-refractivity contribution in [3.8, 4) is 0 Å². The maximum atomic E-state index is 4.44. The Bertz CT molecular complexity index is 375. The van der Waals surface area contributed by atoms with E-state index in [-0.39, 0.29) is 0 Å². The summed E-state index contributed by atoms with van der Waals surface area (Å²) in [5.74, 6) is 1.44. The van der Waals surface area contributed by atoms with Gasteiger partial charge in [0.2, 0.25) is 5.95 Å². The molecule has 1 saturated carbocycles. The summed E-state index contributed by atoms with van der Waals surface area (Å²) in [4.78, 5) is 6.62. The monoisotopic (exact) mass is 264 g/mol. The molecule has 6 nitrogen and oxygen atoms in total. The molecule has 0 spiro atoms. The van der Waals surface area contributed by atoms with Crippen LogP contribution in [0, 0.1) is 0 Å². The van der Waals surface area contributed by atoms with Gasteiger partial charge in [-0.1, -0.05) is 12.8 Å². The maximum Gasteiger partial charge on any atom is 0.244 e. The molecule has 0 radical (unpaired) electrons. The third-order valence-electron chi connectivity index (χ3n) is 3.34. The number of hydrogen-bond acceptors (Lipinski definition) is 6. The number of anilines is 2. The lowest BCUT2D eigenvalue weighted by molar-refractivity contribution is 0.405. The fraction of sp³-hybridized carbons (Fsp3) is 0.769. The number of aromatic nitrogens is 3. The van der Waals surface area contributed by atoms with Crippen LogP contribution >= 0.6 is 0 Å². The molecule has 1 aliphatic rings. The Balaban J connectivity index is 1.77. The highest BCUT2D eigenvalue weighted by molar-refractivity contribution is 5.37. The predicted molar refractivity (Wildman–Crippen MR) is 77.4 cm³/mol. The average molecular weight is 264 g/mol. The Hall–Kier alpha value is -1.43. The van der Waals surface area contributed by atoms with E-state index in [0.717, 1.165) is 25.3 Å². The van der Waals surface area contributed by atoms with E-state index in [1.807, 2.05) is 0 Å². The van der Waals surface area contributed by atoms with Crippen molar-refractivity contribution < 1.29 is 0 Å². The number of hydrogen-bond donors (Lipinski definition) is 2. The lowest BCUT2D eigenvalue weighted by atomic mass is 10.3. The lowest BCUT2D eigenvalue weighted by Gasteiger charge is -2.12. The normalized spacial score (nSPS) is 15.9. The molecule has 1 aliphatic carbocycles. The molecule has 0 bridgehead atoms. The molecule has 1 aromatic rings. The van der Waals surface area contributed by atoms with Gasteiger partial charge in [-0.25, -0.2) is 0 Å². The summed E-state index contributed by atoms with van der Waals surface area (Å²) >= 11 is 0. The Kier molecular flexibility index (Phi) is 5.32. The maximum absolute atomic E-state index is 4.44. The molecule has 0 atom stereocenters. The molecule has 0 aliphatic heterocycles. The second-order valence-corrected chi connectivity index (χ2v) is 5.37. The first-order valence-corrected chi connectivity index (χ1v) is 7.09. The SMILES string of the molecule is CN(C)CCCNc1cnnc(NC2CCCC2)n1. The lowest BCUT2D eigenvalue weighted by Crippen LogP contribution is -2.19. The summed E-state index contributed by atoms with van der Waals surface area (Å²) < 4.78 is 0. The number of nitrogens with one attached hydrogen (secondary N) is 2. The Labute approximate surface area is 115 Å². The third-order valence-corrected chi connectivity index (χ3v) is 3.34. The summed E-state index contributed by atoms with van der Waals surface area (Å²) in [6.45, 7) is 1.97. The fourth-order valence-electron chi connectivity index (χ4n) is 2.31. The van der Waals surface area contributed by atoms with Crippen LogP contribution in [0.15, 0.2) is 6.20 Å². The number of rotatable bonds is 7. The summed E-state index contributed by atoms with van der Waals surface area (Å²) in [5.41, 5.74) is 0. The van der Waals surface area contributed by atoms with Crippen LogP contribution < -0.4 is 10.6 Å². The first-order valence-electron chi connectivity index (χ1n) is 7.09. The molecular formula is C13H24N6. The van der Waals surface area contributed by atoms with Gasteiger partial charge in [0.1, 0.15) is 0 Å². The smallest absolute Gasteiger partial charge is 0.244 e. The van der Waals surface area contributed by atoms with Gasteiger partial charge in [0, 0.05) is 12.6 Å². The summed E-state index contributed by atoms with van der Waals surface area (Å²) in [6, 6.07) is 0.519. The predicted octanol–water partition coefficient (Wildman–Crippen LogP) is 1.59. The average Bonchev–Trinajstić information content (AvgIpc) is 2.88. The van der Waals surface area contributed by atoms with Gasteiger partial charge in [-0.3, -0.25) is 0 Å². The number of nitrogens with zero attached hydrogens (tertiary/aromatic N) is 4. The molecule has 106 valence electrons. The van der Waals surface area contributed by atoms with Gasteiger partial charge in [0.25, 0.3) is 0 Å². The van der Waals surface area contributed by atoms with Crippen molar-refractivity contribution in [2.24, 2.45) is 0 Å². The molecule has 1 aromatic heterocycles. The first kappa shape index (κ1) is 14.0. The van der Waals surface area contributed by atoms with E-state index in [9.17, 15) is 0 Å². The van der Waals surface area contributed by atoms with Gasteiger partial charge in [0.15, 0.2) is 5.82 Å². The standard InChI is InChI=1S/C13H24N6/c1-19(2)9-5-8-14-12-10-15-18-13(17-12)16-11-6-3-4-7-11/h10-11H,3-9H2,1-2H3,(H2,14,16,17,18). The Morgan fingerprint density at radius 2 is 2.11 bits per heavy atom. The fourth-order valence-corrected chi connectivity index (χ4v) is 2.31. The van der Waals surface area contributed by atoms with E-state index in [4.69, 9.17) is 0 Å². The zero-order valence-corrected chi connectivity index (χ0v) is 11.9. The van der Waals surface area contributed by atoms with E-state index in [1.165, 1.54) is 25.7 Å². The van der Waals surface area contributed by atoms with E-state index in [1.54, 1.807) is 6.20 Å². The zero-order valence-electron chi connectivity index (χ0n) is 11.9. The quantitative estimate of drug-likeness (QED) is 0.729. The van der Waals surface area contributed by atoms with Crippen molar-refractivity contribution in [3.63, 3.8) is 0 Å². The summed E-state index contributed by atoms with van der Waals surface area (Å²) in [7, 11) is 4.16. The van der Waals surface area contributed by atoms with Crippen LogP contribution in [0.2, 0.25) is 0 Å². The van der Waals surface area contributed by atoms with Crippen LogP contribution in [0.5, 0.6) is 0 Å². The van der Waals surface area contributed by atoms with Gasteiger partial charge in [-0.2, -0.15) is 10.1 Å².